The van der Waals surface area contributed by atoms with Crippen LogP contribution in [0.15, 0.2) is 23.1 Å². The van der Waals surface area contributed by atoms with Crippen molar-refractivity contribution in [2.45, 2.75) is 44.0 Å². The maximum Gasteiger partial charge on any atom is 0.244 e. The van der Waals surface area contributed by atoms with Gasteiger partial charge in [-0.15, -0.1) is 0 Å². The average molecular weight is 312 g/mol. The highest BCUT2D eigenvalue weighted by atomic mass is 32.2. The maximum atomic E-state index is 12.6. The molecule has 0 aliphatic heterocycles. The van der Waals surface area contributed by atoms with E-state index >= 15 is 0 Å². The van der Waals surface area contributed by atoms with Crippen LogP contribution in [0.3, 0.4) is 0 Å². The number of rotatable bonds is 4. The Labute approximate surface area is 126 Å². The zero-order valence-corrected chi connectivity index (χ0v) is 13.6. The molecule has 118 valence electrons. The molecule has 21 heavy (non-hydrogen) atoms. The zero-order chi connectivity index (χ0) is 15.6. The quantitative estimate of drug-likeness (QED) is 0.836. The molecule has 0 spiro atoms. The van der Waals surface area contributed by atoms with Crippen molar-refractivity contribution in [3.05, 3.63) is 18.2 Å². The van der Waals surface area contributed by atoms with Crippen LogP contribution in [0, 0.1) is 11.8 Å². The normalized spacial score (nSPS) is 26.5. The minimum atomic E-state index is -3.64. The molecule has 3 N–H and O–H groups in total. The molecule has 1 aromatic rings. The van der Waals surface area contributed by atoms with Crippen molar-refractivity contribution in [1.29, 1.82) is 0 Å². The summed E-state index contributed by atoms with van der Waals surface area (Å²) in [6, 6.07) is 4.61. The van der Waals surface area contributed by atoms with Crippen LogP contribution in [-0.2, 0) is 10.0 Å². The number of hydrogen-bond donors (Lipinski definition) is 2. The third-order valence-corrected chi connectivity index (χ3v) is 6.00. The van der Waals surface area contributed by atoms with Crippen molar-refractivity contribution in [1.82, 2.24) is 4.72 Å². The monoisotopic (exact) mass is 312 g/mol. The molecule has 2 rings (SSSR count). The van der Waals surface area contributed by atoms with E-state index in [1.54, 1.807) is 12.1 Å². The highest BCUT2D eigenvalue weighted by Gasteiger charge is 2.31. The molecule has 3 unspecified atom stereocenters. The SMILES string of the molecule is COc1ccc(N)cc1S(=O)(=O)NC1CCCC(C)C1C. The number of nitrogen functional groups attached to an aromatic ring is 1. The molecular formula is C15H24N2O3S. The summed E-state index contributed by atoms with van der Waals surface area (Å²) in [6.07, 6.45) is 3.07. The van der Waals surface area contributed by atoms with E-state index in [1.807, 2.05) is 0 Å². The molecule has 1 fully saturated rings. The lowest BCUT2D eigenvalue weighted by atomic mass is 9.78. The summed E-state index contributed by atoms with van der Waals surface area (Å²) >= 11 is 0. The second-order valence-electron chi connectivity index (χ2n) is 5.91. The highest BCUT2D eigenvalue weighted by molar-refractivity contribution is 7.89. The maximum absolute atomic E-state index is 12.6. The lowest BCUT2D eigenvalue weighted by Crippen LogP contribution is -2.43. The van der Waals surface area contributed by atoms with Crippen molar-refractivity contribution in [3.63, 3.8) is 0 Å². The minimum Gasteiger partial charge on any atom is -0.495 e. The second-order valence-corrected chi connectivity index (χ2v) is 7.59. The van der Waals surface area contributed by atoms with Crippen molar-refractivity contribution in [2.24, 2.45) is 11.8 Å². The summed E-state index contributed by atoms with van der Waals surface area (Å²) in [7, 11) is -2.18. The summed E-state index contributed by atoms with van der Waals surface area (Å²) in [4.78, 5) is 0.107. The minimum absolute atomic E-state index is 0.0371. The standard InChI is InChI=1S/C15H24N2O3S/c1-10-5-4-6-13(11(10)2)17-21(18,19)15-9-12(16)7-8-14(15)20-3/h7-11,13,17H,4-6,16H2,1-3H3. The predicted molar refractivity (Wildman–Crippen MR) is 83.7 cm³/mol. The van der Waals surface area contributed by atoms with E-state index in [0.29, 0.717) is 23.3 Å². The fourth-order valence-corrected chi connectivity index (χ4v) is 4.48. The molecule has 5 nitrogen and oxygen atoms in total. The van der Waals surface area contributed by atoms with Gasteiger partial charge in [-0.25, -0.2) is 13.1 Å². The van der Waals surface area contributed by atoms with Crippen molar-refractivity contribution < 1.29 is 13.2 Å². The molecule has 1 saturated carbocycles. The third kappa shape index (κ3) is 3.49. The van der Waals surface area contributed by atoms with E-state index in [0.717, 1.165) is 19.3 Å². The van der Waals surface area contributed by atoms with Crippen molar-refractivity contribution in [3.8, 4) is 5.75 Å². The first kappa shape index (κ1) is 16.1. The number of ether oxygens (including phenoxy) is 1. The Bertz CT molecular complexity index is 601. The lowest BCUT2D eigenvalue weighted by Gasteiger charge is -2.34. The van der Waals surface area contributed by atoms with Gasteiger partial charge in [0.2, 0.25) is 10.0 Å². The van der Waals surface area contributed by atoms with Gasteiger partial charge in [0.25, 0.3) is 0 Å². The summed E-state index contributed by atoms with van der Waals surface area (Å²) in [5, 5.41) is 0. The van der Waals surface area contributed by atoms with E-state index < -0.39 is 10.0 Å². The smallest absolute Gasteiger partial charge is 0.244 e. The predicted octanol–water partition coefficient (Wildman–Crippen LogP) is 2.38. The van der Waals surface area contributed by atoms with Crippen LogP contribution in [0.5, 0.6) is 5.75 Å². The fourth-order valence-electron chi connectivity index (χ4n) is 2.91. The van der Waals surface area contributed by atoms with Crippen LogP contribution < -0.4 is 15.2 Å². The van der Waals surface area contributed by atoms with E-state index in [4.69, 9.17) is 10.5 Å². The van der Waals surface area contributed by atoms with Gasteiger partial charge in [0.05, 0.1) is 7.11 Å². The van der Waals surface area contributed by atoms with E-state index in [2.05, 4.69) is 18.6 Å². The van der Waals surface area contributed by atoms with Crippen LogP contribution in [0.1, 0.15) is 33.1 Å². The largest absolute Gasteiger partial charge is 0.495 e. The van der Waals surface area contributed by atoms with Crippen molar-refractivity contribution >= 4 is 15.7 Å². The fraction of sp³-hybridized carbons (Fsp3) is 0.600. The van der Waals surface area contributed by atoms with E-state index in [1.165, 1.54) is 13.2 Å². The van der Waals surface area contributed by atoms with Crippen LogP contribution in [-0.4, -0.2) is 21.6 Å². The Kier molecular flexibility index (Phi) is 4.78. The molecule has 0 aromatic heterocycles. The molecule has 0 saturated heterocycles. The van der Waals surface area contributed by atoms with Gasteiger partial charge in [-0.2, -0.15) is 0 Å². The summed E-state index contributed by atoms with van der Waals surface area (Å²) in [5.74, 6) is 1.16. The van der Waals surface area contributed by atoms with E-state index in [-0.39, 0.29) is 10.9 Å². The first-order valence-corrected chi connectivity index (χ1v) is 8.79. The Hall–Kier alpha value is -1.27. The first-order chi connectivity index (χ1) is 9.85. The van der Waals surface area contributed by atoms with Crippen LogP contribution in [0.4, 0.5) is 5.69 Å². The molecule has 0 amide bonds. The molecule has 0 radical (unpaired) electrons. The lowest BCUT2D eigenvalue weighted by molar-refractivity contribution is 0.227. The van der Waals surface area contributed by atoms with Gasteiger partial charge in [0.15, 0.2) is 0 Å². The Balaban J connectivity index is 2.28. The van der Waals surface area contributed by atoms with Gasteiger partial charge in [-0.1, -0.05) is 26.7 Å². The molecule has 6 heteroatoms. The number of methoxy groups -OCH3 is 1. The highest BCUT2D eigenvalue weighted by Crippen LogP contribution is 2.32. The summed E-state index contributed by atoms with van der Waals surface area (Å²) in [6.45, 7) is 4.28. The number of sulfonamides is 1. The van der Waals surface area contributed by atoms with Crippen LogP contribution in [0.2, 0.25) is 0 Å². The van der Waals surface area contributed by atoms with Crippen molar-refractivity contribution in [2.75, 3.05) is 12.8 Å². The summed E-state index contributed by atoms with van der Waals surface area (Å²) < 4.78 is 33.3. The molecule has 1 aliphatic rings. The Morgan fingerprint density at radius 2 is 2.00 bits per heavy atom. The van der Waals surface area contributed by atoms with E-state index in [9.17, 15) is 8.42 Å². The molecule has 0 heterocycles. The molecule has 1 aromatic carbocycles. The molecule has 3 atom stereocenters. The second kappa shape index (κ2) is 6.23. The number of anilines is 1. The number of nitrogens with one attached hydrogen (secondary N) is 1. The number of nitrogens with two attached hydrogens (primary N) is 1. The van der Waals surface area contributed by atoms with Crippen LogP contribution in [0.25, 0.3) is 0 Å². The van der Waals surface area contributed by atoms with Gasteiger partial charge < -0.3 is 10.5 Å². The van der Waals surface area contributed by atoms with Gasteiger partial charge in [-0.05, 0) is 36.5 Å². The Morgan fingerprint density at radius 3 is 2.67 bits per heavy atom. The van der Waals surface area contributed by atoms with Gasteiger partial charge in [-0.3, -0.25) is 0 Å². The average Bonchev–Trinajstić information content (AvgIpc) is 2.44. The Morgan fingerprint density at radius 1 is 1.29 bits per heavy atom. The van der Waals surface area contributed by atoms with Crippen LogP contribution >= 0.6 is 0 Å². The van der Waals surface area contributed by atoms with Gasteiger partial charge >= 0.3 is 0 Å². The summed E-state index contributed by atoms with van der Waals surface area (Å²) in [5.41, 5.74) is 6.12. The number of benzene rings is 1. The molecule has 0 bridgehead atoms. The molecule has 1 aliphatic carbocycles. The third-order valence-electron chi connectivity index (χ3n) is 4.49. The first-order valence-electron chi connectivity index (χ1n) is 7.31. The topological polar surface area (TPSA) is 81.4 Å². The zero-order valence-electron chi connectivity index (χ0n) is 12.8. The van der Waals surface area contributed by atoms with Gasteiger partial charge in [0, 0.05) is 11.7 Å². The number of hydrogen-bond acceptors (Lipinski definition) is 4. The van der Waals surface area contributed by atoms with Gasteiger partial charge in [0.1, 0.15) is 10.6 Å². The molecular weight excluding hydrogens is 288 g/mol.